The number of carbonyl (C=O) groups excluding carboxylic acids is 1. The van der Waals surface area contributed by atoms with E-state index >= 15 is 0 Å². The van der Waals surface area contributed by atoms with E-state index in [0.717, 1.165) is 62.5 Å². The van der Waals surface area contributed by atoms with E-state index in [2.05, 4.69) is 10.2 Å². The first-order valence-corrected chi connectivity index (χ1v) is 14.1. The fourth-order valence-corrected chi connectivity index (χ4v) is 7.37. The van der Waals surface area contributed by atoms with Crippen LogP contribution in [0.2, 0.25) is 0 Å². The molecule has 1 aromatic rings. The molecule has 1 atom stereocenters. The third-order valence-electron chi connectivity index (χ3n) is 8.13. The Balaban J connectivity index is 1.34. The van der Waals surface area contributed by atoms with E-state index in [4.69, 9.17) is 9.72 Å². The van der Waals surface area contributed by atoms with Crippen molar-refractivity contribution in [1.82, 2.24) is 10.3 Å². The summed E-state index contributed by atoms with van der Waals surface area (Å²) in [6, 6.07) is 4.22. The number of rotatable bonds is 7. The molecule has 1 unspecified atom stereocenters. The minimum absolute atomic E-state index is 0.00904. The van der Waals surface area contributed by atoms with Crippen LogP contribution in [-0.4, -0.2) is 52.1 Å². The largest absolute Gasteiger partial charge is 0.506 e. The Morgan fingerprint density at radius 3 is 2.47 bits per heavy atom. The van der Waals surface area contributed by atoms with Gasteiger partial charge >= 0.3 is 6.16 Å². The Morgan fingerprint density at radius 1 is 1.03 bits per heavy atom. The number of amides is 1. The number of nitrogens with one attached hydrogen (secondary N) is 1. The van der Waals surface area contributed by atoms with Crippen LogP contribution < -0.4 is 10.2 Å². The normalized spacial score (nSPS) is 25.2. The highest BCUT2D eigenvalue weighted by atomic mass is 32.2. The molecule has 1 amide bonds. The number of hydrogen-bond donors (Lipinski definition) is 2. The lowest BCUT2D eigenvalue weighted by atomic mass is 9.90. The van der Waals surface area contributed by atoms with Gasteiger partial charge in [-0.1, -0.05) is 32.1 Å². The Morgan fingerprint density at radius 2 is 1.76 bits per heavy atom. The zero-order valence-electron chi connectivity index (χ0n) is 20.0. The molecule has 1 saturated heterocycles. The SMILES string of the molecule is O=C(O)OC1(C2CCCN(c3ccc(C(=O)NC4CCCCC4)c(SC4CCCC4)n3)C2)CC1. The van der Waals surface area contributed by atoms with Gasteiger partial charge in [0.1, 0.15) is 16.4 Å². The maximum Gasteiger partial charge on any atom is 0.506 e. The molecule has 1 aliphatic heterocycles. The molecule has 4 aliphatic rings. The number of carbonyl (C=O) groups is 2. The quantitative estimate of drug-likeness (QED) is 0.482. The van der Waals surface area contributed by atoms with Crippen LogP contribution in [-0.2, 0) is 4.74 Å². The first kappa shape index (κ1) is 23.8. The molecule has 2 heterocycles. The predicted octanol–water partition coefficient (Wildman–Crippen LogP) is 5.62. The molecule has 2 N–H and O–H groups in total. The van der Waals surface area contributed by atoms with Gasteiger partial charge in [0, 0.05) is 30.3 Å². The molecule has 0 spiro atoms. The second-order valence-corrected chi connectivity index (χ2v) is 11.9. The van der Waals surface area contributed by atoms with Crippen molar-refractivity contribution in [3.8, 4) is 0 Å². The summed E-state index contributed by atoms with van der Waals surface area (Å²) in [5.41, 5.74) is 0.193. The van der Waals surface area contributed by atoms with Crippen LogP contribution in [0.4, 0.5) is 10.6 Å². The van der Waals surface area contributed by atoms with Crippen LogP contribution >= 0.6 is 11.8 Å². The van der Waals surface area contributed by atoms with Gasteiger partial charge < -0.3 is 20.1 Å². The number of ether oxygens (including phenoxy) is 1. The van der Waals surface area contributed by atoms with Crippen LogP contribution in [0.3, 0.4) is 0 Å². The second-order valence-electron chi connectivity index (χ2n) is 10.6. The molecule has 4 fully saturated rings. The molecule has 0 radical (unpaired) electrons. The van der Waals surface area contributed by atoms with E-state index in [9.17, 15) is 14.7 Å². The van der Waals surface area contributed by atoms with Crippen molar-refractivity contribution >= 4 is 29.6 Å². The van der Waals surface area contributed by atoms with Crippen LogP contribution in [0.15, 0.2) is 17.2 Å². The number of anilines is 1. The van der Waals surface area contributed by atoms with Crippen molar-refractivity contribution in [2.45, 2.75) is 105 Å². The van der Waals surface area contributed by atoms with Gasteiger partial charge in [-0.15, -0.1) is 11.8 Å². The van der Waals surface area contributed by atoms with Gasteiger partial charge in [0.15, 0.2) is 0 Å². The molecule has 1 aromatic heterocycles. The summed E-state index contributed by atoms with van der Waals surface area (Å²) in [6.07, 6.45) is 13.1. The Bertz CT molecular complexity index is 894. The number of piperidine rings is 1. The minimum atomic E-state index is -1.17. The molecule has 34 heavy (non-hydrogen) atoms. The standard InChI is InChI=1S/C26H37N3O4S/c30-23(27-19-8-2-1-3-9-19)21-12-13-22(28-24(21)34-20-10-4-5-11-20)29-16-6-7-18(17-29)26(14-15-26)33-25(31)32/h12-13,18-20H,1-11,14-17H2,(H,27,30)(H,31,32). The Hall–Kier alpha value is -1.96. The van der Waals surface area contributed by atoms with Gasteiger partial charge in [0.05, 0.1) is 5.56 Å². The summed E-state index contributed by atoms with van der Waals surface area (Å²) < 4.78 is 5.32. The first-order valence-electron chi connectivity index (χ1n) is 13.2. The van der Waals surface area contributed by atoms with Crippen LogP contribution in [0, 0.1) is 5.92 Å². The zero-order chi connectivity index (χ0) is 23.5. The van der Waals surface area contributed by atoms with Gasteiger partial charge in [-0.2, -0.15) is 0 Å². The second kappa shape index (κ2) is 10.3. The highest BCUT2D eigenvalue weighted by Crippen LogP contribution is 2.49. The van der Waals surface area contributed by atoms with E-state index in [0.29, 0.717) is 10.8 Å². The van der Waals surface area contributed by atoms with E-state index in [1.807, 2.05) is 12.1 Å². The zero-order valence-corrected chi connectivity index (χ0v) is 20.8. The summed E-state index contributed by atoms with van der Waals surface area (Å²) in [6.45, 7) is 1.65. The lowest BCUT2D eigenvalue weighted by Gasteiger charge is -2.37. The van der Waals surface area contributed by atoms with Gasteiger partial charge in [-0.25, -0.2) is 9.78 Å². The van der Waals surface area contributed by atoms with E-state index in [-0.39, 0.29) is 17.9 Å². The van der Waals surface area contributed by atoms with Crippen molar-refractivity contribution in [1.29, 1.82) is 0 Å². The summed E-state index contributed by atoms with van der Waals surface area (Å²) in [4.78, 5) is 31.8. The number of pyridine rings is 1. The van der Waals surface area contributed by atoms with Gasteiger partial charge in [-0.3, -0.25) is 4.79 Å². The van der Waals surface area contributed by atoms with Crippen molar-refractivity contribution < 1.29 is 19.4 Å². The van der Waals surface area contributed by atoms with Gasteiger partial charge in [-0.05, 0) is 63.5 Å². The molecule has 3 aliphatic carbocycles. The lowest BCUT2D eigenvalue weighted by molar-refractivity contribution is 0.00489. The Labute approximate surface area is 206 Å². The van der Waals surface area contributed by atoms with Crippen LogP contribution in [0.5, 0.6) is 0 Å². The summed E-state index contributed by atoms with van der Waals surface area (Å²) in [5, 5.41) is 13.8. The number of thioether (sulfide) groups is 1. The lowest BCUT2D eigenvalue weighted by Crippen LogP contribution is -2.43. The smallest absolute Gasteiger partial charge is 0.450 e. The maximum absolute atomic E-state index is 13.2. The topological polar surface area (TPSA) is 91.8 Å². The highest BCUT2D eigenvalue weighted by Gasteiger charge is 2.54. The van der Waals surface area contributed by atoms with Crippen molar-refractivity contribution in [2.75, 3.05) is 18.0 Å². The van der Waals surface area contributed by atoms with E-state index in [1.54, 1.807) is 11.8 Å². The minimum Gasteiger partial charge on any atom is -0.450 e. The van der Waals surface area contributed by atoms with Crippen molar-refractivity contribution in [3.05, 3.63) is 17.7 Å². The number of aromatic nitrogens is 1. The Kier molecular flexibility index (Phi) is 7.23. The van der Waals surface area contributed by atoms with Gasteiger partial charge in [0.25, 0.3) is 5.91 Å². The monoisotopic (exact) mass is 487 g/mol. The van der Waals surface area contributed by atoms with Crippen molar-refractivity contribution in [3.63, 3.8) is 0 Å². The van der Waals surface area contributed by atoms with Crippen LogP contribution in [0.25, 0.3) is 0 Å². The summed E-state index contributed by atoms with van der Waals surface area (Å²) >= 11 is 1.77. The fourth-order valence-electron chi connectivity index (χ4n) is 6.05. The molecule has 0 aromatic carbocycles. The van der Waals surface area contributed by atoms with E-state index in [1.165, 1.54) is 44.9 Å². The summed E-state index contributed by atoms with van der Waals surface area (Å²) in [7, 11) is 0. The predicted molar refractivity (Wildman–Crippen MR) is 133 cm³/mol. The number of hydrogen-bond acceptors (Lipinski definition) is 6. The van der Waals surface area contributed by atoms with E-state index < -0.39 is 11.8 Å². The van der Waals surface area contributed by atoms with Crippen LogP contribution in [0.1, 0.15) is 93.8 Å². The molecule has 0 bridgehead atoms. The molecular weight excluding hydrogens is 450 g/mol. The molecule has 186 valence electrons. The number of nitrogens with zero attached hydrogens (tertiary/aromatic N) is 2. The molecule has 3 saturated carbocycles. The highest BCUT2D eigenvalue weighted by molar-refractivity contribution is 7.99. The maximum atomic E-state index is 13.2. The molecule has 7 nitrogen and oxygen atoms in total. The average molecular weight is 488 g/mol. The van der Waals surface area contributed by atoms with Gasteiger partial charge in [0.2, 0.25) is 0 Å². The fraction of sp³-hybridized carbons (Fsp3) is 0.731. The number of carboxylic acid groups (broad SMARTS) is 1. The molecule has 5 rings (SSSR count). The molecular formula is C26H37N3O4S. The first-order chi connectivity index (χ1) is 16.5. The third kappa shape index (κ3) is 5.47. The third-order valence-corrected chi connectivity index (χ3v) is 9.47. The summed E-state index contributed by atoms with van der Waals surface area (Å²) in [5.74, 6) is 1.10. The van der Waals surface area contributed by atoms with Crippen molar-refractivity contribution in [2.24, 2.45) is 5.92 Å². The average Bonchev–Trinajstić information content (AvgIpc) is 3.43. The molecule has 8 heteroatoms.